The molecule has 17 heavy (non-hydrogen) atoms. The Hall–Kier alpha value is -0.710. The number of hydrogen-bond acceptors (Lipinski definition) is 3. The Balaban J connectivity index is 2.17. The summed E-state index contributed by atoms with van der Waals surface area (Å²) >= 11 is 11.3. The highest BCUT2D eigenvalue weighted by molar-refractivity contribution is 9.10. The van der Waals surface area contributed by atoms with Crippen molar-refractivity contribution in [3.63, 3.8) is 0 Å². The predicted octanol–water partition coefficient (Wildman–Crippen LogP) is 4.38. The molecule has 0 fully saturated rings. The summed E-state index contributed by atoms with van der Waals surface area (Å²) in [7, 11) is 2.02. The van der Waals surface area contributed by atoms with Crippen LogP contribution in [-0.2, 0) is 6.54 Å². The number of nitrogen functional groups attached to an aromatic ring is 1. The second kappa shape index (κ2) is 5.29. The topological polar surface area (TPSA) is 29.3 Å². The summed E-state index contributed by atoms with van der Waals surface area (Å²) < 4.78 is 1.12. The fourth-order valence-corrected chi connectivity index (χ4v) is 3.43. The van der Waals surface area contributed by atoms with E-state index in [1.807, 2.05) is 19.2 Å². The minimum atomic E-state index is 0.683. The number of halogens is 2. The number of benzene rings is 1. The van der Waals surface area contributed by atoms with Gasteiger partial charge in [-0.05, 0) is 40.2 Å². The van der Waals surface area contributed by atoms with Gasteiger partial charge in [-0.15, -0.1) is 11.3 Å². The molecule has 0 unspecified atom stereocenters. The van der Waals surface area contributed by atoms with Gasteiger partial charge in [0.15, 0.2) is 0 Å². The molecule has 90 valence electrons. The second-order valence-electron chi connectivity index (χ2n) is 3.80. The first-order chi connectivity index (χ1) is 8.06. The Morgan fingerprint density at radius 2 is 2.18 bits per heavy atom. The predicted molar refractivity (Wildman–Crippen MR) is 80.0 cm³/mol. The lowest BCUT2D eigenvalue weighted by Gasteiger charge is -2.20. The smallest absolute Gasteiger partial charge is 0.0660 e. The van der Waals surface area contributed by atoms with Crippen LogP contribution in [0.15, 0.2) is 34.1 Å². The van der Waals surface area contributed by atoms with Gasteiger partial charge in [-0.1, -0.05) is 11.6 Å². The minimum absolute atomic E-state index is 0.683. The van der Waals surface area contributed by atoms with Gasteiger partial charge in [0.05, 0.1) is 17.3 Å². The van der Waals surface area contributed by atoms with Crippen LogP contribution < -0.4 is 10.6 Å². The first kappa shape index (κ1) is 12.7. The van der Waals surface area contributed by atoms with Gasteiger partial charge in [0, 0.05) is 27.5 Å². The largest absolute Gasteiger partial charge is 0.399 e. The second-order valence-corrected chi connectivity index (χ2v) is 6.12. The average molecular weight is 332 g/mol. The van der Waals surface area contributed by atoms with E-state index >= 15 is 0 Å². The number of rotatable bonds is 3. The van der Waals surface area contributed by atoms with E-state index in [-0.39, 0.29) is 0 Å². The highest BCUT2D eigenvalue weighted by atomic mass is 79.9. The number of anilines is 2. The zero-order valence-electron chi connectivity index (χ0n) is 9.28. The van der Waals surface area contributed by atoms with E-state index in [4.69, 9.17) is 17.3 Å². The molecule has 0 aliphatic heterocycles. The van der Waals surface area contributed by atoms with Crippen LogP contribution in [0.1, 0.15) is 4.88 Å². The molecule has 0 bridgehead atoms. The molecule has 2 nitrogen and oxygen atoms in total. The van der Waals surface area contributed by atoms with Crippen molar-refractivity contribution in [2.24, 2.45) is 0 Å². The maximum atomic E-state index is 6.17. The number of nitrogens with zero attached hydrogens (tertiary/aromatic N) is 1. The molecular formula is C12H12BrClN2S. The molecule has 2 N–H and O–H groups in total. The van der Waals surface area contributed by atoms with Crippen molar-refractivity contribution in [1.29, 1.82) is 0 Å². The van der Waals surface area contributed by atoms with Gasteiger partial charge in [-0.25, -0.2) is 0 Å². The van der Waals surface area contributed by atoms with Crippen LogP contribution in [0.2, 0.25) is 5.02 Å². The van der Waals surface area contributed by atoms with Crippen molar-refractivity contribution in [3.05, 3.63) is 44.0 Å². The lowest BCUT2D eigenvalue weighted by atomic mass is 10.2. The number of nitrogens with two attached hydrogens (primary N) is 1. The van der Waals surface area contributed by atoms with Crippen molar-refractivity contribution >= 4 is 50.2 Å². The summed E-state index contributed by atoms with van der Waals surface area (Å²) in [6.07, 6.45) is 0. The van der Waals surface area contributed by atoms with Crippen LogP contribution >= 0.6 is 38.9 Å². The van der Waals surface area contributed by atoms with E-state index in [1.54, 1.807) is 17.4 Å². The fraction of sp³-hybridized carbons (Fsp3) is 0.167. The minimum Gasteiger partial charge on any atom is -0.399 e. The summed E-state index contributed by atoms with van der Waals surface area (Å²) in [6, 6.07) is 7.70. The highest BCUT2D eigenvalue weighted by Gasteiger charge is 2.08. The van der Waals surface area contributed by atoms with Crippen molar-refractivity contribution in [1.82, 2.24) is 0 Å². The van der Waals surface area contributed by atoms with Gasteiger partial charge in [-0.2, -0.15) is 0 Å². The van der Waals surface area contributed by atoms with Crippen molar-refractivity contribution < 1.29 is 0 Å². The van der Waals surface area contributed by atoms with Crippen LogP contribution in [0.3, 0.4) is 0 Å². The van der Waals surface area contributed by atoms with E-state index in [0.717, 1.165) is 16.7 Å². The van der Waals surface area contributed by atoms with Gasteiger partial charge in [0.2, 0.25) is 0 Å². The normalized spacial score (nSPS) is 10.5. The Morgan fingerprint density at radius 1 is 1.41 bits per heavy atom. The van der Waals surface area contributed by atoms with Crippen molar-refractivity contribution in [3.8, 4) is 0 Å². The number of hydrogen-bond donors (Lipinski definition) is 1. The molecule has 0 radical (unpaired) electrons. The van der Waals surface area contributed by atoms with Gasteiger partial charge < -0.3 is 10.6 Å². The monoisotopic (exact) mass is 330 g/mol. The molecule has 1 aromatic carbocycles. The Morgan fingerprint density at radius 3 is 2.76 bits per heavy atom. The third kappa shape index (κ3) is 3.15. The maximum Gasteiger partial charge on any atom is 0.0660 e. The number of thiophene rings is 1. The van der Waals surface area contributed by atoms with Crippen LogP contribution in [0.5, 0.6) is 0 Å². The maximum absolute atomic E-state index is 6.17. The van der Waals surface area contributed by atoms with E-state index in [1.165, 1.54) is 4.88 Å². The zero-order chi connectivity index (χ0) is 12.4. The molecule has 0 aliphatic carbocycles. The van der Waals surface area contributed by atoms with Crippen LogP contribution in [-0.4, -0.2) is 7.05 Å². The SMILES string of the molecule is CN(Cc1cc(Br)cs1)c1ccc(N)cc1Cl. The summed E-state index contributed by atoms with van der Waals surface area (Å²) in [6.45, 7) is 0.833. The molecule has 1 heterocycles. The Kier molecular flexibility index (Phi) is 3.97. The quantitative estimate of drug-likeness (QED) is 0.846. The third-order valence-corrected chi connectivity index (χ3v) is 4.38. The molecule has 5 heteroatoms. The van der Waals surface area contributed by atoms with Crippen LogP contribution in [0.4, 0.5) is 11.4 Å². The standard InChI is InChI=1S/C12H12BrClN2S/c1-16(6-10-4-8(13)7-17-10)12-3-2-9(15)5-11(12)14/h2-5,7H,6,15H2,1H3. The van der Waals surface area contributed by atoms with Gasteiger partial charge in [0.25, 0.3) is 0 Å². The van der Waals surface area contributed by atoms with Crippen LogP contribution in [0.25, 0.3) is 0 Å². The lowest BCUT2D eigenvalue weighted by Crippen LogP contribution is -2.15. The van der Waals surface area contributed by atoms with Crippen LogP contribution in [0, 0.1) is 0 Å². The summed E-state index contributed by atoms with van der Waals surface area (Å²) in [5, 5.41) is 2.76. The molecule has 2 rings (SSSR count). The van der Waals surface area contributed by atoms with Crippen molar-refractivity contribution in [2.75, 3.05) is 17.7 Å². The summed E-state index contributed by atoms with van der Waals surface area (Å²) in [5.74, 6) is 0. The molecule has 1 aromatic heterocycles. The zero-order valence-corrected chi connectivity index (χ0v) is 12.4. The summed E-state index contributed by atoms with van der Waals surface area (Å²) in [5.41, 5.74) is 7.35. The van der Waals surface area contributed by atoms with E-state index in [9.17, 15) is 0 Å². The first-order valence-electron chi connectivity index (χ1n) is 5.05. The molecule has 0 atom stereocenters. The molecule has 0 saturated carbocycles. The van der Waals surface area contributed by atoms with E-state index < -0.39 is 0 Å². The third-order valence-electron chi connectivity index (χ3n) is 2.40. The molecule has 0 spiro atoms. The molecule has 0 aliphatic rings. The van der Waals surface area contributed by atoms with E-state index in [0.29, 0.717) is 10.7 Å². The van der Waals surface area contributed by atoms with E-state index in [2.05, 4.69) is 32.3 Å². The van der Waals surface area contributed by atoms with Gasteiger partial charge >= 0.3 is 0 Å². The van der Waals surface area contributed by atoms with Gasteiger partial charge in [0.1, 0.15) is 0 Å². The molecule has 0 saturated heterocycles. The fourth-order valence-electron chi connectivity index (χ4n) is 1.59. The summed E-state index contributed by atoms with van der Waals surface area (Å²) in [4.78, 5) is 3.40. The average Bonchev–Trinajstić information content (AvgIpc) is 2.63. The van der Waals surface area contributed by atoms with Crippen molar-refractivity contribution in [2.45, 2.75) is 6.54 Å². The highest BCUT2D eigenvalue weighted by Crippen LogP contribution is 2.29. The molecular weight excluding hydrogens is 320 g/mol. The molecule has 0 amide bonds. The van der Waals surface area contributed by atoms with Gasteiger partial charge in [-0.3, -0.25) is 0 Å². The Bertz CT molecular complexity index is 527. The lowest BCUT2D eigenvalue weighted by molar-refractivity contribution is 0.940. The first-order valence-corrected chi connectivity index (χ1v) is 7.10. The molecule has 2 aromatic rings. The Labute approximate surface area is 118 Å².